The second kappa shape index (κ2) is 6.37. The number of hydrogen-bond acceptors (Lipinski definition) is 3. The van der Waals surface area contributed by atoms with Crippen LogP contribution in [0.5, 0.6) is 0 Å². The molecule has 1 rings (SSSR count). The molecule has 0 aliphatic rings. The molecule has 0 saturated carbocycles. The van der Waals surface area contributed by atoms with Gasteiger partial charge in [-0.15, -0.1) is 0 Å². The normalized spacial score (nSPS) is 14.4. The molecule has 0 radical (unpaired) electrons. The minimum atomic E-state index is -0.200. The molecular formula is C13H21N3O. The fraction of sp³-hybridized carbons (Fsp3) is 0.462. The van der Waals surface area contributed by atoms with Gasteiger partial charge in [-0.25, -0.2) is 0 Å². The van der Waals surface area contributed by atoms with Crippen molar-refractivity contribution in [2.24, 2.45) is 5.73 Å². The lowest BCUT2D eigenvalue weighted by Gasteiger charge is -2.28. The van der Waals surface area contributed by atoms with Crippen LogP contribution >= 0.6 is 0 Å². The van der Waals surface area contributed by atoms with Crippen LogP contribution in [0.3, 0.4) is 0 Å². The van der Waals surface area contributed by atoms with E-state index in [1.165, 1.54) is 0 Å². The highest BCUT2D eigenvalue weighted by Gasteiger charge is 2.21. The second-order valence-electron chi connectivity index (χ2n) is 4.28. The highest BCUT2D eigenvalue weighted by atomic mass is 16.2. The number of benzene rings is 1. The van der Waals surface area contributed by atoms with Crippen LogP contribution < -0.4 is 11.1 Å². The highest BCUT2D eigenvalue weighted by Crippen LogP contribution is 2.08. The van der Waals surface area contributed by atoms with E-state index in [-0.39, 0.29) is 18.0 Å². The van der Waals surface area contributed by atoms with Gasteiger partial charge in [0.05, 0.1) is 6.04 Å². The van der Waals surface area contributed by atoms with E-state index in [1.807, 2.05) is 56.1 Å². The van der Waals surface area contributed by atoms with Gasteiger partial charge in [0.2, 0.25) is 5.91 Å². The lowest BCUT2D eigenvalue weighted by molar-refractivity contribution is -0.120. The van der Waals surface area contributed by atoms with Gasteiger partial charge in [-0.1, -0.05) is 18.2 Å². The van der Waals surface area contributed by atoms with E-state index in [2.05, 4.69) is 5.32 Å². The largest absolute Gasteiger partial charge is 0.329 e. The van der Waals surface area contributed by atoms with Crippen molar-refractivity contribution in [3.63, 3.8) is 0 Å². The number of nitrogens with two attached hydrogens (primary N) is 1. The van der Waals surface area contributed by atoms with E-state index in [0.29, 0.717) is 6.54 Å². The van der Waals surface area contributed by atoms with Crippen LogP contribution in [0.15, 0.2) is 30.3 Å². The molecule has 0 bridgehead atoms. The molecule has 0 heterocycles. The first-order valence-corrected chi connectivity index (χ1v) is 5.84. The quantitative estimate of drug-likeness (QED) is 0.808. The van der Waals surface area contributed by atoms with Crippen LogP contribution in [0.2, 0.25) is 0 Å². The number of carbonyl (C=O) groups excluding carboxylic acids is 1. The van der Waals surface area contributed by atoms with Crippen molar-refractivity contribution in [1.82, 2.24) is 4.90 Å². The first kappa shape index (κ1) is 13.7. The van der Waals surface area contributed by atoms with Crippen molar-refractivity contribution in [2.75, 3.05) is 18.9 Å². The van der Waals surface area contributed by atoms with E-state index < -0.39 is 0 Å². The molecule has 1 amide bonds. The number of carbonyl (C=O) groups is 1. The smallest absolute Gasteiger partial charge is 0.241 e. The molecule has 17 heavy (non-hydrogen) atoms. The van der Waals surface area contributed by atoms with Gasteiger partial charge in [-0.05, 0) is 33.0 Å². The Morgan fingerprint density at radius 2 is 1.94 bits per heavy atom. The molecule has 3 N–H and O–H groups in total. The van der Waals surface area contributed by atoms with Crippen molar-refractivity contribution in [3.8, 4) is 0 Å². The summed E-state index contributed by atoms with van der Waals surface area (Å²) in [6.45, 7) is 4.43. The molecule has 4 heteroatoms. The van der Waals surface area contributed by atoms with Crippen LogP contribution in [-0.4, -0.2) is 36.5 Å². The molecule has 1 aromatic rings. The second-order valence-corrected chi connectivity index (χ2v) is 4.28. The number of hydrogen-bond donors (Lipinski definition) is 2. The third kappa shape index (κ3) is 3.84. The Hall–Kier alpha value is -1.39. The van der Waals surface area contributed by atoms with Gasteiger partial charge in [0.1, 0.15) is 0 Å². The number of anilines is 1. The van der Waals surface area contributed by atoms with Gasteiger partial charge >= 0.3 is 0 Å². The Morgan fingerprint density at radius 3 is 2.47 bits per heavy atom. The summed E-state index contributed by atoms with van der Waals surface area (Å²) in [7, 11) is 1.91. The minimum Gasteiger partial charge on any atom is -0.329 e. The average molecular weight is 235 g/mol. The third-order valence-corrected chi connectivity index (χ3v) is 3.07. The van der Waals surface area contributed by atoms with Crippen LogP contribution in [0, 0.1) is 0 Å². The fourth-order valence-corrected chi connectivity index (χ4v) is 1.50. The van der Waals surface area contributed by atoms with Crippen LogP contribution in [-0.2, 0) is 4.79 Å². The van der Waals surface area contributed by atoms with Crippen LogP contribution in [0.4, 0.5) is 5.69 Å². The van der Waals surface area contributed by atoms with Gasteiger partial charge in [0.15, 0.2) is 0 Å². The Balaban J connectivity index is 2.59. The Labute approximate surface area is 103 Å². The Bertz CT molecular complexity index is 353. The van der Waals surface area contributed by atoms with Gasteiger partial charge in [0.25, 0.3) is 0 Å². The number of rotatable bonds is 5. The van der Waals surface area contributed by atoms with Crippen molar-refractivity contribution in [1.29, 1.82) is 0 Å². The van der Waals surface area contributed by atoms with Crippen molar-refractivity contribution in [2.45, 2.75) is 25.9 Å². The summed E-state index contributed by atoms with van der Waals surface area (Å²) in [4.78, 5) is 14.0. The van der Waals surface area contributed by atoms with Crippen molar-refractivity contribution >= 4 is 11.6 Å². The standard InChI is InChI=1S/C13H21N3O/c1-10(9-14)16(3)11(2)13(17)15-12-7-5-4-6-8-12/h4-8,10-11H,9,14H2,1-3H3,(H,15,17). The number of para-hydroxylation sites is 1. The highest BCUT2D eigenvalue weighted by molar-refractivity contribution is 5.94. The Morgan fingerprint density at radius 1 is 1.35 bits per heavy atom. The summed E-state index contributed by atoms with van der Waals surface area (Å²) in [6.07, 6.45) is 0. The monoisotopic (exact) mass is 235 g/mol. The van der Waals surface area contributed by atoms with Crippen LogP contribution in [0.1, 0.15) is 13.8 Å². The van der Waals surface area contributed by atoms with Crippen molar-refractivity contribution < 1.29 is 4.79 Å². The van der Waals surface area contributed by atoms with Gasteiger partial charge < -0.3 is 11.1 Å². The van der Waals surface area contributed by atoms with Crippen molar-refractivity contribution in [3.05, 3.63) is 30.3 Å². The molecule has 1 aromatic carbocycles. The van der Waals surface area contributed by atoms with Crippen LogP contribution in [0.25, 0.3) is 0 Å². The number of likely N-dealkylation sites (N-methyl/N-ethyl adjacent to an activating group) is 1. The molecule has 0 fully saturated rings. The molecule has 2 unspecified atom stereocenters. The van der Waals surface area contributed by atoms with Gasteiger partial charge in [-0.3, -0.25) is 9.69 Å². The number of nitrogens with zero attached hydrogens (tertiary/aromatic N) is 1. The molecule has 0 spiro atoms. The fourth-order valence-electron chi connectivity index (χ4n) is 1.50. The molecule has 0 aliphatic heterocycles. The zero-order valence-corrected chi connectivity index (χ0v) is 10.7. The average Bonchev–Trinajstić information content (AvgIpc) is 2.37. The van der Waals surface area contributed by atoms with E-state index in [0.717, 1.165) is 5.69 Å². The van der Waals surface area contributed by atoms with Gasteiger partial charge in [-0.2, -0.15) is 0 Å². The predicted octanol–water partition coefficient (Wildman–Crippen LogP) is 1.29. The van der Waals surface area contributed by atoms with E-state index in [1.54, 1.807) is 0 Å². The lowest BCUT2D eigenvalue weighted by atomic mass is 10.2. The predicted molar refractivity (Wildman–Crippen MR) is 70.8 cm³/mol. The molecule has 0 aliphatic carbocycles. The molecule has 4 nitrogen and oxygen atoms in total. The topological polar surface area (TPSA) is 58.4 Å². The lowest BCUT2D eigenvalue weighted by Crippen LogP contribution is -2.46. The summed E-state index contributed by atoms with van der Waals surface area (Å²) in [5, 5.41) is 2.88. The first-order chi connectivity index (χ1) is 8.06. The van der Waals surface area contributed by atoms with E-state index >= 15 is 0 Å². The molecular weight excluding hydrogens is 214 g/mol. The maximum Gasteiger partial charge on any atom is 0.241 e. The van der Waals surface area contributed by atoms with Gasteiger partial charge in [0, 0.05) is 18.3 Å². The Kier molecular flexibility index (Phi) is 5.12. The summed E-state index contributed by atoms with van der Waals surface area (Å²) >= 11 is 0. The SMILES string of the molecule is CC(CN)N(C)C(C)C(=O)Nc1ccccc1. The summed E-state index contributed by atoms with van der Waals surface area (Å²) < 4.78 is 0. The maximum absolute atomic E-state index is 12.0. The zero-order chi connectivity index (χ0) is 12.8. The zero-order valence-electron chi connectivity index (χ0n) is 10.7. The third-order valence-electron chi connectivity index (χ3n) is 3.07. The van der Waals surface area contributed by atoms with E-state index in [9.17, 15) is 4.79 Å². The first-order valence-electron chi connectivity index (χ1n) is 5.84. The van der Waals surface area contributed by atoms with E-state index in [4.69, 9.17) is 5.73 Å². The molecule has 0 saturated heterocycles. The summed E-state index contributed by atoms with van der Waals surface area (Å²) in [6, 6.07) is 9.44. The molecule has 2 atom stereocenters. The number of nitrogens with one attached hydrogen (secondary N) is 1. The molecule has 0 aromatic heterocycles. The molecule has 94 valence electrons. The number of amides is 1. The minimum absolute atomic E-state index is 0.0148. The summed E-state index contributed by atoms with van der Waals surface area (Å²) in [5.74, 6) is -0.0148. The summed E-state index contributed by atoms with van der Waals surface area (Å²) in [5.41, 5.74) is 6.41. The maximum atomic E-state index is 12.0.